The summed E-state index contributed by atoms with van der Waals surface area (Å²) in [7, 11) is -2.24. The average molecular weight is 339 g/mol. The molecule has 128 valence electrons. The molecule has 1 aliphatic carbocycles. The lowest BCUT2D eigenvalue weighted by molar-refractivity contribution is -0.217. The van der Waals surface area contributed by atoms with Gasteiger partial charge in [0.15, 0.2) is 0 Å². The van der Waals surface area contributed by atoms with Crippen molar-refractivity contribution in [2.24, 2.45) is 0 Å². The van der Waals surface area contributed by atoms with E-state index < -0.39 is 10.0 Å². The monoisotopic (exact) mass is 339 g/mol. The summed E-state index contributed by atoms with van der Waals surface area (Å²) in [5.41, 5.74) is 0.817. The van der Waals surface area contributed by atoms with Crippen molar-refractivity contribution in [2.75, 3.05) is 7.11 Å². The second-order valence-electron chi connectivity index (χ2n) is 7.41. The molecular formula is C17H25NO4S. The van der Waals surface area contributed by atoms with Gasteiger partial charge in [-0.25, -0.2) is 8.42 Å². The third-order valence-corrected chi connectivity index (χ3v) is 6.47. The van der Waals surface area contributed by atoms with Crippen molar-refractivity contribution in [3.05, 3.63) is 23.8 Å². The molecule has 1 aromatic carbocycles. The number of sulfonamides is 1. The van der Waals surface area contributed by atoms with E-state index >= 15 is 0 Å². The first-order chi connectivity index (χ1) is 10.7. The molecule has 2 aliphatic heterocycles. The first-order valence-corrected chi connectivity index (χ1v) is 9.57. The fourth-order valence-electron chi connectivity index (χ4n) is 3.29. The van der Waals surface area contributed by atoms with Gasteiger partial charge in [-0.15, -0.1) is 0 Å². The zero-order chi connectivity index (χ0) is 16.8. The van der Waals surface area contributed by atoms with Crippen molar-refractivity contribution < 1.29 is 18.0 Å². The van der Waals surface area contributed by atoms with E-state index in [9.17, 15) is 8.42 Å². The average Bonchev–Trinajstić information content (AvgIpc) is 2.54. The van der Waals surface area contributed by atoms with Crippen molar-refractivity contribution in [1.82, 2.24) is 4.47 Å². The summed E-state index contributed by atoms with van der Waals surface area (Å²) in [5.74, 6) is 0.364. The van der Waals surface area contributed by atoms with Gasteiger partial charge >= 0.3 is 0 Å². The van der Waals surface area contributed by atoms with Crippen LogP contribution in [0, 0.1) is 0 Å². The van der Waals surface area contributed by atoms with Gasteiger partial charge in [0.25, 0.3) is 10.0 Å². The first kappa shape index (κ1) is 16.7. The molecule has 4 rings (SSSR count). The normalized spacial score (nSPS) is 25.6. The first-order valence-electron chi connectivity index (χ1n) is 8.13. The standard InChI is InChI=1S/C17H25NO4S/c1-17(2,3)12-5-10-15(21-4)16(11-12)23(19,20)18-13-6-8-14(22-18)9-7-13/h5,10-11,13-14H,6-9H2,1-4H3. The second-order valence-corrected chi connectivity index (χ2v) is 9.16. The molecule has 2 saturated heterocycles. The molecule has 2 heterocycles. The fourth-order valence-corrected chi connectivity index (χ4v) is 5.00. The minimum atomic E-state index is -3.73. The van der Waals surface area contributed by atoms with Crippen LogP contribution >= 0.6 is 0 Å². The zero-order valence-corrected chi connectivity index (χ0v) is 15.0. The van der Waals surface area contributed by atoms with Crippen molar-refractivity contribution in [2.45, 2.75) is 68.9 Å². The van der Waals surface area contributed by atoms with Crippen molar-refractivity contribution in [1.29, 1.82) is 0 Å². The van der Waals surface area contributed by atoms with Crippen LogP contribution in [0.15, 0.2) is 23.1 Å². The number of ether oxygens (including phenoxy) is 1. The predicted octanol–water partition coefficient (Wildman–Crippen LogP) is 3.24. The lowest BCUT2D eigenvalue weighted by Crippen LogP contribution is -2.51. The Kier molecular flexibility index (Phi) is 4.19. The number of hydrogen-bond acceptors (Lipinski definition) is 4. The summed E-state index contributed by atoms with van der Waals surface area (Å²) in [6.45, 7) is 6.18. The van der Waals surface area contributed by atoms with Gasteiger partial charge in [-0.2, -0.15) is 0 Å². The number of hydrogen-bond donors (Lipinski definition) is 0. The molecule has 1 aromatic rings. The van der Waals surface area contributed by atoms with Crippen molar-refractivity contribution >= 4 is 10.0 Å². The van der Waals surface area contributed by atoms with Gasteiger partial charge < -0.3 is 4.74 Å². The Morgan fingerprint density at radius 2 is 1.83 bits per heavy atom. The highest BCUT2D eigenvalue weighted by atomic mass is 32.2. The molecule has 23 heavy (non-hydrogen) atoms. The van der Waals surface area contributed by atoms with Crippen LogP contribution in [0.25, 0.3) is 0 Å². The Morgan fingerprint density at radius 3 is 2.30 bits per heavy atom. The molecule has 0 spiro atoms. The Bertz CT molecular complexity index is 685. The van der Waals surface area contributed by atoms with E-state index in [1.807, 2.05) is 6.07 Å². The molecule has 0 radical (unpaired) electrons. The van der Waals surface area contributed by atoms with Crippen LogP contribution in [-0.4, -0.2) is 32.1 Å². The minimum absolute atomic E-state index is 0.0200. The molecule has 5 nitrogen and oxygen atoms in total. The van der Waals surface area contributed by atoms with E-state index in [2.05, 4.69) is 20.8 Å². The summed E-state index contributed by atoms with van der Waals surface area (Å²) >= 11 is 0. The van der Waals surface area contributed by atoms with Crippen LogP contribution in [0.2, 0.25) is 0 Å². The van der Waals surface area contributed by atoms with Crippen LogP contribution in [0.5, 0.6) is 5.75 Å². The summed E-state index contributed by atoms with van der Waals surface area (Å²) < 4.78 is 32.9. The van der Waals surface area contributed by atoms with Gasteiger partial charge in [-0.3, -0.25) is 4.84 Å². The molecule has 0 unspecified atom stereocenters. The number of benzene rings is 1. The van der Waals surface area contributed by atoms with Crippen LogP contribution in [0.1, 0.15) is 52.0 Å². The third kappa shape index (κ3) is 2.99. The largest absolute Gasteiger partial charge is 0.495 e. The molecule has 3 fully saturated rings. The molecule has 2 bridgehead atoms. The highest BCUT2D eigenvalue weighted by Gasteiger charge is 2.43. The second kappa shape index (κ2) is 5.76. The van der Waals surface area contributed by atoms with E-state index in [4.69, 9.17) is 9.57 Å². The Balaban J connectivity index is 2.05. The molecule has 0 N–H and O–H groups in total. The summed E-state index contributed by atoms with van der Waals surface area (Å²) in [6.07, 6.45) is 3.63. The lowest BCUT2D eigenvalue weighted by atomic mass is 9.87. The van der Waals surface area contributed by atoms with Crippen LogP contribution in [0.4, 0.5) is 0 Å². The summed E-state index contributed by atoms with van der Waals surface area (Å²) in [4.78, 5) is 5.91. The molecule has 1 saturated carbocycles. The van der Waals surface area contributed by atoms with E-state index in [1.54, 1.807) is 12.1 Å². The van der Waals surface area contributed by atoms with E-state index in [0.717, 1.165) is 31.2 Å². The molecule has 0 amide bonds. The zero-order valence-electron chi connectivity index (χ0n) is 14.2. The number of nitrogens with zero attached hydrogens (tertiary/aromatic N) is 1. The maximum absolute atomic E-state index is 13.2. The van der Waals surface area contributed by atoms with E-state index in [0.29, 0.717) is 5.75 Å². The molecule has 3 aliphatic rings. The van der Waals surface area contributed by atoms with Crippen molar-refractivity contribution in [3.8, 4) is 5.75 Å². The van der Waals surface area contributed by atoms with Crippen LogP contribution in [-0.2, 0) is 20.3 Å². The third-order valence-electron chi connectivity index (χ3n) is 4.74. The van der Waals surface area contributed by atoms with E-state index in [1.165, 1.54) is 11.6 Å². The number of fused-ring (bicyclic) bond motifs is 3. The summed E-state index contributed by atoms with van der Waals surface area (Å²) in [6, 6.07) is 5.31. The molecule has 6 heteroatoms. The minimum Gasteiger partial charge on any atom is -0.495 e. The van der Waals surface area contributed by atoms with Crippen molar-refractivity contribution in [3.63, 3.8) is 0 Å². The van der Waals surface area contributed by atoms with Gasteiger partial charge in [-0.1, -0.05) is 31.3 Å². The van der Waals surface area contributed by atoms with Crippen LogP contribution < -0.4 is 4.74 Å². The summed E-state index contributed by atoms with van der Waals surface area (Å²) in [5, 5.41) is 0. The Hall–Kier alpha value is -1.11. The Morgan fingerprint density at radius 1 is 1.17 bits per heavy atom. The maximum atomic E-state index is 13.2. The highest BCUT2D eigenvalue weighted by molar-refractivity contribution is 7.89. The molecule has 0 aromatic heterocycles. The lowest BCUT2D eigenvalue weighted by Gasteiger charge is -2.43. The molecular weight excluding hydrogens is 314 g/mol. The maximum Gasteiger partial charge on any atom is 0.268 e. The van der Waals surface area contributed by atoms with Gasteiger partial charge in [0, 0.05) is 0 Å². The number of rotatable bonds is 3. The van der Waals surface area contributed by atoms with Gasteiger partial charge in [0.1, 0.15) is 10.6 Å². The fraction of sp³-hybridized carbons (Fsp3) is 0.647. The molecule has 0 atom stereocenters. The highest BCUT2D eigenvalue weighted by Crippen LogP contribution is 2.39. The SMILES string of the molecule is COc1ccc(C(C)(C)C)cc1S(=O)(=O)N1OC2CCC1CC2. The van der Waals surface area contributed by atoms with Crippen LogP contribution in [0.3, 0.4) is 0 Å². The number of hydroxylamine groups is 1. The Labute approximate surface area is 138 Å². The van der Waals surface area contributed by atoms with Gasteiger partial charge in [0.2, 0.25) is 0 Å². The van der Waals surface area contributed by atoms with Gasteiger partial charge in [0.05, 0.1) is 19.3 Å². The smallest absolute Gasteiger partial charge is 0.268 e. The van der Waals surface area contributed by atoms with E-state index in [-0.39, 0.29) is 22.5 Å². The van der Waals surface area contributed by atoms with Gasteiger partial charge in [-0.05, 0) is 48.8 Å². The predicted molar refractivity (Wildman–Crippen MR) is 87.8 cm³/mol. The quantitative estimate of drug-likeness (QED) is 0.848. The number of methoxy groups -OCH3 is 1. The topological polar surface area (TPSA) is 55.8 Å².